The SMILES string of the molecule is CC1CN(C(=O)Nc2ccccc2)Cc2ccccc21. The quantitative estimate of drug-likeness (QED) is 0.835. The molecule has 1 atom stereocenters. The van der Waals surface area contributed by atoms with Crippen LogP contribution in [0.15, 0.2) is 54.6 Å². The second kappa shape index (κ2) is 5.37. The van der Waals surface area contributed by atoms with Crippen molar-refractivity contribution in [3.8, 4) is 0 Å². The van der Waals surface area contributed by atoms with Crippen LogP contribution in [0.5, 0.6) is 0 Å². The van der Waals surface area contributed by atoms with Crippen LogP contribution in [0, 0.1) is 0 Å². The van der Waals surface area contributed by atoms with Crippen LogP contribution < -0.4 is 5.32 Å². The molecule has 3 nitrogen and oxygen atoms in total. The molecule has 0 saturated heterocycles. The molecular formula is C17H18N2O. The highest BCUT2D eigenvalue weighted by atomic mass is 16.2. The Morgan fingerprint density at radius 1 is 1.10 bits per heavy atom. The van der Waals surface area contributed by atoms with Gasteiger partial charge in [-0.25, -0.2) is 4.79 Å². The van der Waals surface area contributed by atoms with E-state index in [1.54, 1.807) is 0 Å². The average molecular weight is 266 g/mol. The van der Waals surface area contributed by atoms with Gasteiger partial charge in [-0.2, -0.15) is 0 Å². The number of urea groups is 1. The van der Waals surface area contributed by atoms with Gasteiger partial charge in [-0.1, -0.05) is 49.4 Å². The van der Waals surface area contributed by atoms with Gasteiger partial charge in [0.25, 0.3) is 0 Å². The van der Waals surface area contributed by atoms with E-state index in [1.807, 2.05) is 41.3 Å². The van der Waals surface area contributed by atoms with Gasteiger partial charge in [-0.3, -0.25) is 0 Å². The highest BCUT2D eigenvalue weighted by Gasteiger charge is 2.25. The Morgan fingerprint density at radius 2 is 1.80 bits per heavy atom. The summed E-state index contributed by atoms with van der Waals surface area (Å²) >= 11 is 0. The molecule has 3 heteroatoms. The topological polar surface area (TPSA) is 32.3 Å². The first-order chi connectivity index (χ1) is 9.74. The van der Waals surface area contributed by atoms with Gasteiger partial charge in [0, 0.05) is 18.8 Å². The summed E-state index contributed by atoms with van der Waals surface area (Å²) in [4.78, 5) is 14.2. The molecule has 0 fully saturated rings. The Balaban J connectivity index is 1.75. The zero-order valence-corrected chi connectivity index (χ0v) is 11.5. The third-order valence-electron chi connectivity index (χ3n) is 3.75. The molecule has 1 N–H and O–H groups in total. The van der Waals surface area contributed by atoms with Crippen LogP contribution in [0.2, 0.25) is 0 Å². The van der Waals surface area contributed by atoms with Gasteiger partial charge in [0.1, 0.15) is 0 Å². The van der Waals surface area contributed by atoms with Gasteiger partial charge in [0.15, 0.2) is 0 Å². The summed E-state index contributed by atoms with van der Waals surface area (Å²) in [7, 11) is 0. The van der Waals surface area contributed by atoms with Crippen LogP contribution in [0.1, 0.15) is 24.0 Å². The first-order valence-electron chi connectivity index (χ1n) is 6.93. The lowest BCUT2D eigenvalue weighted by Gasteiger charge is -2.33. The van der Waals surface area contributed by atoms with Crippen molar-refractivity contribution >= 4 is 11.7 Å². The van der Waals surface area contributed by atoms with Gasteiger partial charge in [0.2, 0.25) is 0 Å². The summed E-state index contributed by atoms with van der Waals surface area (Å²) in [5.41, 5.74) is 3.44. The summed E-state index contributed by atoms with van der Waals surface area (Å²) in [6, 6.07) is 17.9. The maximum absolute atomic E-state index is 12.3. The van der Waals surface area contributed by atoms with Crippen molar-refractivity contribution in [2.24, 2.45) is 0 Å². The highest BCUT2D eigenvalue weighted by Crippen LogP contribution is 2.27. The lowest BCUT2D eigenvalue weighted by molar-refractivity contribution is 0.201. The minimum atomic E-state index is -0.0300. The van der Waals surface area contributed by atoms with E-state index in [2.05, 4.69) is 30.4 Å². The predicted molar refractivity (Wildman–Crippen MR) is 80.7 cm³/mol. The predicted octanol–water partition coefficient (Wildman–Crippen LogP) is 3.84. The molecule has 2 amide bonds. The summed E-state index contributed by atoms with van der Waals surface area (Å²) in [5.74, 6) is 0.376. The van der Waals surface area contributed by atoms with E-state index in [0.717, 1.165) is 12.2 Å². The molecule has 0 saturated carbocycles. The second-order valence-corrected chi connectivity index (χ2v) is 5.28. The van der Waals surface area contributed by atoms with Crippen molar-refractivity contribution in [3.63, 3.8) is 0 Å². The second-order valence-electron chi connectivity index (χ2n) is 5.28. The van der Waals surface area contributed by atoms with Crippen molar-refractivity contribution in [1.29, 1.82) is 0 Å². The highest BCUT2D eigenvalue weighted by molar-refractivity contribution is 5.89. The normalized spacial score (nSPS) is 17.4. The van der Waals surface area contributed by atoms with Crippen LogP contribution >= 0.6 is 0 Å². The Kier molecular flexibility index (Phi) is 3.42. The molecule has 3 rings (SSSR count). The molecule has 2 aromatic rings. The van der Waals surface area contributed by atoms with Crippen LogP contribution in [-0.4, -0.2) is 17.5 Å². The Hall–Kier alpha value is -2.29. The van der Waals surface area contributed by atoms with Gasteiger partial charge < -0.3 is 10.2 Å². The maximum Gasteiger partial charge on any atom is 0.322 e. The van der Waals surface area contributed by atoms with E-state index in [1.165, 1.54) is 11.1 Å². The third-order valence-corrected chi connectivity index (χ3v) is 3.75. The van der Waals surface area contributed by atoms with Gasteiger partial charge in [0.05, 0.1) is 0 Å². The molecule has 1 unspecified atom stereocenters. The minimum Gasteiger partial charge on any atom is -0.320 e. The summed E-state index contributed by atoms with van der Waals surface area (Å²) in [5, 5.41) is 2.95. The van der Waals surface area contributed by atoms with Crippen molar-refractivity contribution in [2.75, 3.05) is 11.9 Å². The largest absolute Gasteiger partial charge is 0.322 e. The number of nitrogens with one attached hydrogen (secondary N) is 1. The molecule has 102 valence electrons. The Bertz CT molecular complexity index is 609. The number of para-hydroxylation sites is 1. The van der Waals surface area contributed by atoms with Crippen molar-refractivity contribution < 1.29 is 4.79 Å². The zero-order chi connectivity index (χ0) is 13.9. The van der Waals surface area contributed by atoms with Gasteiger partial charge >= 0.3 is 6.03 Å². The van der Waals surface area contributed by atoms with E-state index in [9.17, 15) is 4.79 Å². The molecule has 1 heterocycles. The fourth-order valence-electron chi connectivity index (χ4n) is 2.74. The number of hydrogen-bond acceptors (Lipinski definition) is 1. The minimum absolute atomic E-state index is 0.0300. The fourth-order valence-corrected chi connectivity index (χ4v) is 2.74. The molecule has 0 spiro atoms. The Morgan fingerprint density at radius 3 is 2.60 bits per heavy atom. The molecule has 2 aromatic carbocycles. The van der Waals surface area contributed by atoms with Crippen LogP contribution in [0.3, 0.4) is 0 Å². The monoisotopic (exact) mass is 266 g/mol. The van der Waals surface area contributed by atoms with E-state index >= 15 is 0 Å². The summed E-state index contributed by atoms with van der Waals surface area (Å²) in [6.07, 6.45) is 0. The van der Waals surface area contributed by atoms with Gasteiger partial charge in [-0.15, -0.1) is 0 Å². The molecule has 0 aromatic heterocycles. The number of amides is 2. The Labute approximate surface area is 119 Å². The lowest BCUT2D eigenvalue weighted by atomic mass is 9.91. The number of hydrogen-bond donors (Lipinski definition) is 1. The van der Waals surface area contributed by atoms with Crippen LogP contribution in [0.25, 0.3) is 0 Å². The molecule has 20 heavy (non-hydrogen) atoms. The van der Waals surface area contributed by atoms with Crippen LogP contribution in [-0.2, 0) is 6.54 Å². The molecule has 1 aliphatic rings. The van der Waals surface area contributed by atoms with E-state index in [4.69, 9.17) is 0 Å². The smallest absolute Gasteiger partial charge is 0.320 e. The number of nitrogens with zero attached hydrogens (tertiary/aromatic N) is 1. The number of fused-ring (bicyclic) bond motifs is 1. The number of carbonyl (C=O) groups excluding carboxylic acids is 1. The molecule has 1 aliphatic heterocycles. The molecular weight excluding hydrogens is 248 g/mol. The number of benzene rings is 2. The fraction of sp³-hybridized carbons (Fsp3) is 0.235. The van der Waals surface area contributed by atoms with E-state index in [-0.39, 0.29) is 6.03 Å². The van der Waals surface area contributed by atoms with Gasteiger partial charge in [-0.05, 0) is 29.2 Å². The lowest BCUT2D eigenvalue weighted by Crippen LogP contribution is -2.40. The average Bonchev–Trinajstić information content (AvgIpc) is 2.48. The van der Waals surface area contributed by atoms with Crippen LogP contribution in [0.4, 0.5) is 10.5 Å². The number of rotatable bonds is 1. The standard InChI is InChI=1S/C17H18N2O/c1-13-11-19(12-14-7-5-6-10-16(13)14)17(20)18-15-8-3-2-4-9-15/h2-10,13H,11-12H2,1H3,(H,18,20). The molecule has 0 radical (unpaired) electrons. The van der Waals surface area contributed by atoms with Crippen molar-refractivity contribution in [2.45, 2.75) is 19.4 Å². The summed E-state index contributed by atoms with van der Waals surface area (Å²) in [6.45, 7) is 3.61. The number of carbonyl (C=O) groups is 1. The third kappa shape index (κ3) is 2.52. The van der Waals surface area contributed by atoms with Crippen molar-refractivity contribution in [3.05, 3.63) is 65.7 Å². The molecule has 0 bridgehead atoms. The van der Waals surface area contributed by atoms with Crippen molar-refractivity contribution in [1.82, 2.24) is 4.90 Å². The zero-order valence-electron chi connectivity index (χ0n) is 11.5. The number of anilines is 1. The first-order valence-corrected chi connectivity index (χ1v) is 6.93. The van der Waals surface area contributed by atoms with E-state index < -0.39 is 0 Å². The first kappa shape index (κ1) is 12.7. The summed E-state index contributed by atoms with van der Waals surface area (Å²) < 4.78 is 0. The maximum atomic E-state index is 12.3. The van der Waals surface area contributed by atoms with E-state index in [0.29, 0.717) is 12.5 Å². The molecule has 0 aliphatic carbocycles.